The van der Waals surface area contributed by atoms with E-state index in [4.69, 9.17) is 4.74 Å². The van der Waals surface area contributed by atoms with Crippen molar-refractivity contribution < 1.29 is 14.9 Å². The number of hydrogen-bond acceptors (Lipinski definition) is 5. The summed E-state index contributed by atoms with van der Waals surface area (Å²) < 4.78 is 6.82. The summed E-state index contributed by atoms with van der Waals surface area (Å²) in [7, 11) is 3.38. The first kappa shape index (κ1) is 23.0. The molecule has 1 aromatic heterocycles. The predicted octanol–water partition coefficient (Wildman–Crippen LogP) is 1.72. The van der Waals surface area contributed by atoms with E-state index in [0.29, 0.717) is 29.4 Å². The Bertz CT molecular complexity index is 761. The van der Waals surface area contributed by atoms with Crippen LogP contribution in [0.5, 0.6) is 11.5 Å². The molecule has 1 atom stereocenters. The van der Waals surface area contributed by atoms with Crippen LogP contribution in [0, 0.1) is 0 Å². The zero-order valence-corrected chi connectivity index (χ0v) is 18.4. The van der Waals surface area contributed by atoms with E-state index in [1.807, 2.05) is 6.92 Å². The Kier molecular flexibility index (Phi) is 8.83. The van der Waals surface area contributed by atoms with E-state index >= 15 is 0 Å². The molecule has 1 aromatic carbocycles. The number of aryl methyl sites for hydroxylation is 1. The van der Waals surface area contributed by atoms with Gasteiger partial charge in [0.25, 0.3) is 0 Å². The van der Waals surface area contributed by atoms with Crippen LogP contribution in [0.15, 0.2) is 35.6 Å². The van der Waals surface area contributed by atoms with Gasteiger partial charge in [0.2, 0.25) is 0 Å². The third kappa shape index (κ3) is 6.58. The Balaban J connectivity index is 0.00000364. The number of phenols is 1. The molecule has 0 spiro atoms. The van der Waals surface area contributed by atoms with Crippen LogP contribution in [0.4, 0.5) is 0 Å². The second-order valence-corrected chi connectivity index (χ2v) is 6.22. The number of aromatic nitrogens is 2. The summed E-state index contributed by atoms with van der Waals surface area (Å²) in [5.41, 5.74) is 0.275. The largest absolute Gasteiger partial charge is 0.508 e. The van der Waals surface area contributed by atoms with Gasteiger partial charge >= 0.3 is 0 Å². The van der Waals surface area contributed by atoms with Gasteiger partial charge in [-0.3, -0.25) is 4.68 Å². The van der Waals surface area contributed by atoms with Crippen molar-refractivity contribution in [2.45, 2.75) is 26.0 Å². The summed E-state index contributed by atoms with van der Waals surface area (Å²) >= 11 is 0. The SMILES string of the molecule is CCNC(=NCc1cc(OC)ccc1O)NCC(C)(O)c1cnn(C)c1.I. The zero-order chi connectivity index (χ0) is 19.2. The molecule has 0 bridgehead atoms. The van der Waals surface area contributed by atoms with Gasteiger partial charge in [0.1, 0.15) is 17.1 Å². The molecule has 0 saturated carbocycles. The maximum atomic E-state index is 10.7. The van der Waals surface area contributed by atoms with E-state index < -0.39 is 5.60 Å². The van der Waals surface area contributed by atoms with Crippen LogP contribution in [0.1, 0.15) is 25.0 Å². The van der Waals surface area contributed by atoms with Gasteiger partial charge in [-0.05, 0) is 32.0 Å². The van der Waals surface area contributed by atoms with Gasteiger partial charge in [-0.25, -0.2) is 4.99 Å². The standard InChI is InChI=1S/C18H27N5O3.HI/c1-5-19-17(20-9-13-8-15(26-4)6-7-16(13)24)21-12-18(2,25)14-10-22-23(3)11-14;/h6-8,10-11,24-25H,5,9,12H2,1-4H3,(H2,19,20,21);1H. The fourth-order valence-electron chi connectivity index (χ4n) is 2.38. The van der Waals surface area contributed by atoms with Crippen molar-refractivity contribution in [3.05, 3.63) is 41.7 Å². The summed E-state index contributed by atoms with van der Waals surface area (Å²) in [6.45, 7) is 4.88. The summed E-state index contributed by atoms with van der Waals surface area (Å²) in [5, 5.41) is 31.0. The van der Waals surface area contributed by atoms with E-state index in [-0.39, 0.29) is 42.8 Å². The number of phenolic OH excluding ortho intramolecular Hbond substituents is 1. The van der Waals surface area contributed by atoms with Crippen LogP contribution in [0.3, 0.4) is 0 Å². The fraction of sp³-hybridized carbons (Fsp3) is 0.444. The molecule has 150 valence electrons. The van der Waals surface area contributed by atoms with Gasteiger partial charge < -0.3 is 25.6 Å². The minimum Gasteiger partial charge on any atom is -0.508 e. The average molecular weight is 489 g/mol. The molecule has 0 radical (unpaired) electrons. The maximum absolute atomic E-state index is 10.7. The van der Waals surface area contributed by atoms with Crippen LogP contribution < -0.4 is 15.4 Å². The highest BCUT2D eigenvalue weighted by atomic mass is 127. The summed E-state index contributed by atoms with van der Waals surface area (Å²) in [4.78, 5) is 4.47. The van der Waals surface area contributed by atoms with Crippen LogP contribution in [-0.4, -0.2) is 46.2 Å². The number of hydrogen-bond donors (Lipinski definition) is 4. The topological polar surface area (TPSA) is 104 Å². The molecule has 9 heteroatoms. The zero-order valence-electron chi connectivity index (χ0n) is 16.1. The van der Waals surface area contributed by atoms with E-state index in [2.05, 4.69) is 20.7 Å². The van der Waals surface area contributed by atoms with E-state index in [9.17, 15) is 10.2 Å². The van der Waals surface area contributed by atoms with Crippen molar-refractivity contribution in [3.8, 4) is 11.5 Å². The second-order valence-electron chi connectivity index (χ2n) is 6.22. The molecule has 2 rings (SSSR count). The molecule has 0 aliphatic rings. The lowest BCUT2D eigenvalue weighted by atomic mass is 10.00. The number of aliphatic imine (C=N–C) groups is 1. The van der Waals surface area contributed by atoms with Crippen molar-refractivity contribution >= 4 is 29.9 Å². The van der Waals surface area contributed by atoms with Crippen LogP contribution in [0.25, 0.3) is 0 Å². The highest BCUT2D eigenvalue weighted by molar-refractivity contribution is 14.0. The maximum Gasteiger partial charge on any atom is 0.191 e. The minimum atomic E-state index is -1.09. The average Bonchev–Trinajstić information content (AvgIpc) is 3.06. The van der Waals surface area contributed by atoms with Gasteiger partial charge in [-0.15, -0.1) is 24.0 Å². The molecule has 4 N–H and O–H groups in total. The number of aliphatic hydroxyl groups is 1. The second kappa shape index (κ2) is 10.4. The monoisotopic (exact) mass is 489 g/mol. The summed E-state index contributed by atoms with van der Waals surface area (Å²) in [6, 6.07) is 5.02. The first-order valence-electron chi connectivity index (χ1n) is 8.45. The lowest BCUT2D eigenvalue weighted by molar-refractivity contribution is 0.0616. The van der Waals surface area contributed by atoms with Gasteiger partial charge in [0.05, 0.1) is 26.4 Å². The van der Waals surface area contributed by atoms with Crippen LogP contribution in [-0.2, 0) is 19.2 Å². The molecule has 0 fully saturated rings. The minimum absolute atomic E-state index is 0. The molecule has 0 aliphatic heterocycles. The van der Waals surface area contributed by atoms with Crippen molar-refractivity contribution in [3.63, 3.8) is 0 Å². The van der Waals surface area contributed by atoms with Gasteiger partial charge in [-0.2, -0.15) is 5.10 Å². The first-order valence-corrected chi connectivity index (χ1v) is 8.45. The van der Waals surface area contributed by atoms with Gasteiger partial charge in [0, 0.05) is 30.9 Å². The number of rotatable bonds is 7. The molecular weight excluding hydrogens is 461 g/mol. The van der Waals surface area contributed by atoms with Crippen LogP contribution in [0.2, 0.25) is 0 Å². The van der Waals surface area contributed by atoms with E-state index in [1.165, 1.54) is 0 Å². The van der Waals surface area contributed by atoms with E-state index in [1.54, 1.807) is 56.4 Å². The summed E-state index contributed by atoms with van der Waals surface area (Å²) in [6.07, 6.45) is 3.42. The Morgan fingerprint density at radius 1 is 1.37 bits per heavy atom. The molecule has 0 aliphatic carbocycles. The number of benzene rings is 1. The number of nitrogens with zero attached hydrogens (tertiary/aromatic N) is 3. The predicted molar refractivity (Wildman–Crippen MR) is 116 cm³/mol. The molecule has 0 saturated heterocycles. The van der Waals surface area contributed by atoms with Gasteiger partial charge in [0.15, 0.2) is 5.96 Å². The molecule has 1 heterocycles. The lowest BCUT2D eigenvalue weighted by Gasteiger charge is -2.23. The molecule has 8 nitrogen and oxygen atoms in total. The number of methoxy groups -OCH3 is 1. The van der Waals surface area contributed by atoms with Crippen molar-refractivity contribution in [2.24, 2.45) is 12.0 Å². The summed E-state index contributed by atoms with van der Waals surface area (Å²) in [5.74, 6) is 1.36. The Hall–Kier alpha value is -2.01. The van der Waals surface area contributed by atoms with Crippen molar-refractivity contribution in [1.82, 2.24) is 20.4 Å². The Morgan fingerprint density at radius 3 is 2.70 bits per heavy atom. The normalized spacial score (nSPS) is 13.4. The molecule has 1 unspecified atom stereocenters. The van der Waals surface area contributed by atoms with E-state index in [0.717, 1.165) is 0 Å². The molecule has 27 heavy (non-hydrogen) atoms. The lowest BCUT2D eigenvalue weighted by Crippen LogP contribution is -2.44. The molecule has 0 amide bonds. The number of ether oxygens (including phenoxy) is 1. The number of nitrogens with one attached hydrogen (secondary N) is 2. The number of guanidine groups is 1. The quantitative estimate of drug-likeness (QED) is 0.268. The first-order chi connectivity index (χ1) is 12.4. The third-order valence-electron chi connectivity index (χ3n) is 3.97. The molecular formula is C18H28IN5O3. The number of halogens is 1. The highest BCUT2D eigenvalue weighted by Gasteiger charge is 2.25. The highest BCUT2D eigenvalue weighted by Crippen LogP contribution is 2.23. The van der Waals surface area contributed by atoms with Crippen molar-refractivity contribution in [2.75, 3.05) is 20.2 Å². The third-order valence-corrected chi connectivity index (χ3v) is 3.97. The fourth-order valence-corrected chi connectivity index (χ4v) is 2.38. The Morgan fingerprint density at radius 2 is 2.11 bits per heavy atom. The smallest absolute Gasteiger partial charge is 0.191 e. The van der Waals surface area contributed by atoms with Crippen molar-refractivity contribution in [1.29, 1.82) is 0 Å². The number of aromatic hydroxyl groups is 1. The van der Waals surface area contributed by atoms with Crippen LogP contribution >= 0.6 is 24.0 Å². The van der Waals surface area contributed by atoms with Gasteiger partial charge in [-0.1, -0.05) is 0 Å². The molecule has 2 aromatic rings. The Labute approximate surface area is 176 Å².